The summed E-state index contributed by atoms with van der Waals surface area (Å²) in [5, 5.41) is 9.39. The molecule has 1 N–H and O–H groups in total. The molecule has 6 nitrogen and oxygen atoms in total. The molecule has 1 amide bonds. The molecule has 21 heavy (non-hydrogen) atoms. The van der Waals surface area contributed by atoms with Crippen LogP contribution < -0.4 is 4.90 Å². The number of benzene rings is 1. The maximum absolute atomic E-state index is 12.7. The predicted molar refractivity (Wildman–Crippen MR) is 74.4 cm³/mol. The fraction of sp³-hybridized carbons (Fsp3) is 0.267. The summed E-state index contributed by atoms with van der Waals surface area (Å²) in [6.45, 7) is 3.32. The van der Waals surface area contributed by atoms with Crippen molar-refractivity contribution in [3.8, 4) is 0 Å². The molecule has 1 aliphatic rings. The first-order valence-electron chi connectivity index (χ1n) is 6.57. The Morgan fingerprint density at radius 3 is 2.67 bits per heavy atom. The van der Waals surface area contributed by atoms with Gasteiger partial charge in [0, 0.05) is 19.0 Å². The Hall–Kier alpha value is -2.63. The third-order valence-electron chi connectivity index (χ3n) is 3.58. The highest BCUT2D eigenvalue weighted by Gasteiger charge is 2.40. The third kappa shape index (κ3) is 2.08. The highest BCUT2D eigenvalue weighted by molar-refractivity contribution is 6.09. The fourth-order valence-electron chi connectivity index (χ4n) is 2.67. The van der Waals surface area contributed by atoms with E-state index in [2.05, 4.69) is 4.98 Å². The maximum Gasteiger partial charge on any atom is 0.327 e. The molecule has 1 aromatic heterocycles. The van der Waals surface area contributed by atoms with E-state index in [1.807, 2.05) is 12.1 Å². The average Bonchev–Trinajstić information content (AvgIpc) is 2.98. The van der Waals surface area contributed by atoms with E-state index in [1.54, 1.807) is 26.0 Å². The van der Waals surface area contributed by atoms with Crippen LogP contribution in [0.25, 0.3) is 0 Å². The van der Waals surface area contributed by atoms with Gasteiger partial charge in [-0.1, -0.05) is 18.2 Å². The third-order valence-corrected chi connectivity index (χ3v) is 3.58. The number of oxazole rings is 1. The Morgan fingerprint density at radius 2 is 2.05 bits per heavy atom. The van der Waals surface area contributed by atoms with Gasteiger partial charge in [-0.3, -0.25) is 9.69 Å². The minimum Gasteiger partial charge on any atom is -0.480 e. The van der Waals surface area contributed by atoms with E-state index >= 15 is 0 Å². The van der Waals surface area contributed by atoms with Crippen molar-refractivity contribution in [3.05, 3.63) is 47.2 Å². The number of carbonyl (C=O) groups is 2. The topological polar surface area (TPSA) is 83.6 Å². The normalized spacial score (nSPS) is 16.9. The zero-order valence-electron chi connectivity index (χ0n) is 11.7. The second kappa shape index (κ2) is 4.73. The van der Waals surface area contributed by atoms with Gasteiger partial charge in [-0.25, -0.2) is 9.78 Å². The zero-order valence-corrected chi connectivity index (χ0v) is 11.7. The summed E-state index contributed by atoms with van der Waals surface area (Å²) < 4.78 is 5.34. The number of amides is 1. The van der Waals surface area contributed by atoms with E-state index < -0.39 is 17.9 Å². The number of hydrogen-bond acceptors (Lipinski definition) is 4. The lowest BCUT2D eigenvalue weighted by Crippen LogP contribution is -2.43. The van der Waals surface area contributed by atoms with Gasteiger partial charge in [0.05, 0.1) is 5.69 Å². The molecule has 0 radical (unpaired) electrons. The van der Waals surface area contributed by atoms with Gasteiger partial charge >= 0.3 is 5.97 Å². The minimum absolute atomic E-state index is 0.0930. The van der Waals surface area contributed by atoms with Gasteiger partial charge in [-0.15, -0.1) is 0 Å². The summed E-state index contributed by atoms with van der Waals surface area (Å²) in [4.78, 5) is 29.5. The molecule has 0 spiro atoms. The van der Waals surface area contributed by atoms with E-state index in [0.717, 1.165) is 5.56 Å². The number of aromatic nitrogens is 1. The second-order valence-corrected chi connectivity index (χ2v) is 5.01. The molecule has 0 fully saturated rings. The van der Waals surface area contributed by atoms with Crippen LogP contribution in [-0.2, 0) is 11.2 Å². The Kier molecular flexibility index (Phi) is 3.01. The van der Waals surface area contributed by atoms with Crippen molar-refractivity contribution < 1.29 is 19.1 Å². The number of fused-ring (bicyclic) bond motifs is 1. The monoisotopic (exact) mass is 286 g/mol. The molecule has 2 heterocycles. The smallest absolute Gasteiger partial charge is 0.327 e. The molecule has 1 atom stereocenters. The Bertz CT molecular complexity index is 735. The molecule has 0 unspecified atom stereocenters. The standard InChI is InChI=1S/C15H14N2O4/c1-8-13(21-9(2)16-8)14(18)17-11-6-4-3-5-10(11)7-12(17)15(19)20/h3-6,12H,7H2,1-2H3,(H,19,20)/t12-/m0/s1. The average molecular weight is 286 g/mol. The summed E-state index contributed by atoms with van der Waals surface area (Å²) >= 11 is 0. The lowest BCUT2D eigenvalue weighted by molar-refractivity contribution is -0.138. The lowest BCUT2D eigenvalue weighted by atomic mass is 10.1. The molecular weight excluding hydrogens is 272 g/mol. The van der Waals surface area contributed by atoms with Gasteiger partial charge in [0.15, 0.2) is 5.89 Å². The van der Waals surface area contributed by atoms with Gasteiger partial charge in [-0.2, -0.15) is 0 Å². The second-order valence-electron chi connectivity index (χ2n) is 5.01. The van der Waals surface area contributed by atoms with Gasteiger partial charge < -0.3 is 9.52 Å². The zero-order chi connectivity index (χ0) is 15.1. The number of aryl methyl sites for hydroxylation is 2. The quantitative estimate of drug-likeness (QED) is 0.912. The number of hydrogen-bond donors (Lipinski definition) is 1. The van der Waals surface area contributed by atoms with Crippen LogP contribution in [-0.4, -0.2) is 28.0 Å². The Morgan fingerprint density at radius 1 is 1.33 bits per heavy atom. The van der Waals surface area contributed by atoms with Crippen LogP contribution in [0.1, 0.15) is 27.7 Å². The summed E-state index contributed by atoms with van der Waals surface area (Å²) in [7, 11) is 0. The molecule has 0 aliphatic carbocycles. The first kappa shape index (κ1) is 13.4. The SMILES string of the molecule is Cc1nc(C)c(C(=O)N2c3ccccc3C[C@H]2C(=O)O)o1. The van der Waals surface area contributed by atoms with Crippen molar-refractivity contribution in [2.75, 3.05) is 4.90 Å². The van der Waals surface area contributed by atoms with Crippen molar-refractivity contribution in [3.63, 3.8) is 0 Å². The van der Waals surface area contributed by atoms with Crippen LogP contribution in [0.2, 0.25) is 0 Å². The number of rotatable bonds is 2. The number of para-hydroxylation sites is 1. The summed E-state index contributed by atoms with van der Waals surface area (Å²) in [6, 6.07) is 6.27. The van der Waals surface area contributed by atoms with E-state index in [1.165, 1.54) is 4.90 Å². The van der Waals surface area contributed by atoms with Gasteiger partial charge in [0.25, 0.3) is 5.91 Å². The molecule has 0 saturated carbocycles. The highest BCUT2D eigenvalue weighted by atomic mass is 16.4. The Labute approximate surface area is 121 Å². The van der Waals surface area contributed by atoms with Crippen molar-refractivity contribution in [1.29, 1.82) is 0 Å². The molecular formula is C15H14N2O4. The maximum atomic E-state index is 12.7. The van der Waals surface area contributed by atoms with E-state index in [0.29, 0.717) is 23.7 Å². The van der Waals surface area contributed by atoms with Crippen molar-refractivity contribution in [2.24, 2.45) is 0 Å². The van der Waals surface area contributed by atoms with Gasteiger partial charge in [0.2, 0.25) is 5.76 Å². The van der Waals surface area contributed by atoms with Gasteiger partial charge in [-0.05, 0) is 18.6 Å². The molecule has 0 bridgehead atoms. The largest absolute Gasteiger partial charge is 0.480 e. The summed E-state index contributed by atoms with van der Waals surface area (Å²) in [5.74, 6) is -1.02. The first-order chi connectivity index (χ1) is 9.99. The van der Waals surface area contributed by atoms with E-state index in [9.17, 15) is 14.7 Å². The molecule has 108 valence electrons. The minimum atomic E-state index is -1.03. The molecule has 0 saturated heterocycles. The molecule has 2 aromatic rings. The number of carboxylic acid groups (broad SMARTS) is 1. The molecule has 1 aromatic carbocycles. The van der Waals surface area contributed by atoms with Crippen molar-refractivity contribution >= 4 is 17.6 Å². The fourth-order valence-corrected chi connectivity index (χ4v) is 2.67. The van der Waals surface area contributed by atoms with Crippen LogP contribution >= 0.6 is 0 Å². The predicted octanol–water partition coefficient (Wildman–Crippen LogP) is 1.95. The Balaban J connectivity index is 2.07. The first-order valence-corrected chi connectivity index (χ1v) is 6.57. The van der Waals surface area contributed by atoms with E-state index in [4.69, 9.17) is 4.42 Å². The van der Waals surface area contributed by atoms with Crippen molar-refractivity contribution in [2.45, 2.75) is 26.3 Å². The number of nitrogens with zero attached hydrogens (tertiary/aromatic N) is 2. The van der Waals surface area contributed by atoms with Crippen LogP contribution in [0, 0.1) is 13.8 Å². The molecule has 1 aliphatic heterocycles. The van der Waals surface area contributed by atoms with Crippen LogP contribution in [0.15, 0.2) is 28.7 Å². The van der Waals surface area contributed by atoms with E-state index in [-0.39, 0.29) is 5.76 Å². The van der Waals surface area contributed by atoms with Crippen molar-refractivity contribution in [1.82, 2.24) is 4.98 Å². The van der Waals surface area contributed by atoms with Crippen LogP contribution in [0.3, 0.4) is 0 Å². The lowest BCUT2D eigenvalue weighted by Gasteiger charge is -2.21. The van der Waals surface area contributed by atoms with Gasteiger partial charge in [0.1, 0.15) is 6.04 Å². The summed E-state index contributed by atoms with van der Waals surface area (Å²) in [6.07, 6.45) is 0.295. The highest BCUT2D eigenvalue weighted by Crippen LogP contribution is 2.33. The number of carboxylic acids is 1. The number of aliphatic carboxylic acids is 1. The molecule has 3 rings (SSSR count). The van der Waals surface area contributed by atoms with Crippen LogP contribution in [0.5, 0.6) is 0 Å². The molecule has 6 heteroatoms. The number of carbonyl (C=O) groups excluding carboxylic acids is 1. The van der Waals surface area contributed by atoms with Crippen LogP contribution in [0.4, 0.5) is 5.69 Å². The number of anilines is 1. The summed E-state index contributed by atoms with van der Waals surface area (Å²) in [5.41, 5.74) is 1.92.